The van der Waals surface area contributed by atoms with Gasteiger partial charge in [-0.2, -0.15) is 0 Å². The summed E-state index contributed by atoms with van der Waals surface area (Å²) in [7, 11) is 0. The molecule has 1 aromatic heterocycles. The third-order valence-electron chi connectivity index (χ3n) is 3.10. The van der Waals surface area contributed by atoms with Crippen molar-refractivity contribution >= 4 is 5.78 Å². The van der Waals surface area contributed by atoms with Crippen molar-refractivity contribution in [3.8, 4) is 0 Å². The standard InChI is InChI=1S/C15H16N2O/c1-11(14(16)12-5-3-2-4-6-12)15(18)13-7-9-17-10-8-13/h2-11,14H,16H2,1H3. The van der Waals surface area contributed by atoms with Crippen LogP contribution in [0.25, 0.3) is 0 Å². The van der Waals surface area contributed by atoms with Gasteiger partial charge in [-0.15, -0.1) is 0 Å². The molecule has 0 aliphatic carbocycles. The topological polar surface area (TPSA) is 56.0 Å². The Hall–Kier alpha value is -2.00. The number of hydrogen-bond donors (Lipinski definition) is 1. The molecule has 0 spiro atoms. The fourth-order valence-electron chi connectivity index (χ4n) is 1.91. The van der Waals surface area contributed by atoms with Crippen LogP contribution in [-0.2, 0) is 0 Å². The highest BCUT2D eigenvalue weighted by molar-refractivity contribution is 5.98. The Balaban J connectivity index is 2.17. The van der Waals surface area contributed by atoms with Gasteiger partial charge in [0.05, 0.1) is 0 Å². The normalized spacial score (nSPS) is 13.9. The number of pyridine rings is 1. The predicted octanol–water partition coefficient (Wildman–Crippen LogP) is 2.60. The second kappa shape index (κ2) is 5.56. The molecule has 92 valence electrons. The van der Waals surface area contributed by atoms with Gasteiger partial charge in [-0.05, 0) is 17.7 Å². The molecule has 0 fully saturated rings. The van der Waals surface area contributed by atoms with E-state index >= 15 is 0 Å². The number of aromatic nitrogens is 1. The highest BCUT2D eigenvalue weighted by Crippen LogP contribution is 2.22. The van der Waals surface area contributed by atoms with Crippen LogP contribution in [0.3, 0.4) is 0 Å². The van der Waals surface area contributed by atoms with Gasteiger partial charge in [0.1, 0.15) is 0 Å². The predicted molar refractivity (Wildman–Crippen MR) is 71.1 cm³/mol. The van der Waals surface area contributed by atoms with Crippen molar-refractivity contribution in [1.29, 1.82) is 0 Å². The van der Waals surface area contributed by atoms with Gasteiger partial charge in [-0.1, -0.05) is 37.3 Å². The number of carbonyl (C=O) groups excluding carboxylic acids is 1. The summed E-state index contributed by atoms with van der Waals surface area (Å²) in [6, 6.07) is 12.8. The van der Waals surface area contributed by atoms with Crippen LogP contribution in [0.5, 0.6) is 0 Å². The third-order valence-corrected chi connectivity index (χ3v) is 3.10. The lowest BCUT2D eigenvalue weighted by Gasteiger charge is -2.19. The number of rotatable bonds is 4. The van der Waals surface area contributed by atoms with Crippen LogP contribution in [0.15, 0.2) is 54.9 Å². The molecule has 2 atom stereocenters. The zero-order valence-electron chi connectivity index (χ0n) is 10.3. The van der Waals surface area contributed by atoms with E-state index in [1.165, 1.54) is 0 Å². The van der Waals surface area contributed by atoms with Crippen molar-refractivity contribution in [3.05, 3.63) is 66.0 Å². The molecule has 1 aromatic carbocycles. The zero-order valence-corrected chi connectivity index (χ0v) is 10.3. The van der Waals surface area contributed by atoms with Crippen LogP contribution in [0.1, 0.15) is 28.9 Å². The van der Waals surface area contributed by atoms with Gasteiger partial charge in [0.25, 0.3) is 0 Å². The minimum Gasteiger partial charge on any atom is -0.323 e. The highest BCUT2D eigenvalue weighted by atomic mass is 16.1. The Bertz CT molecular complexity index is 511. The molecule has 1 heterocycles. The Morgan fingerprint density at radius 3 is 2.33 bits per heavy atom. The van der Waals surface area contributed by atoms with Crippen LogP contribution in [0, 0.1) is 5.92 Å². The summed E-state index contributed by atoms with van der Waals surface area (Å²) in [5, 5.41) is 0. The van der Waals surface area contributed by atoms with E-state index in [0.717, 1.165) is 5.56 Å². The number of Topliss-reactive ketones (excluding diaryl/α,β-unsaturated/α-hetero) is 1. The van der Waals surface area contributed by atoms with Crippen molar-refractivity contribution in [2.75, 3.05) is 0 Å². The maximum absolute atomic E-state index is 12.3. The van der Waals surface area contributed by atoms with Crippen molar-refractivity contribution in [2.45, 2.75) is 13.0 Å². The first kappa shape index (κ1) is 12.5. The Kier molecular flexibility index (Phi) is 3.85. The van der Waals surface area contributed by atoms with Gasteiger partial charge in [0, 0.05) is 29.9 Å². The molecular formula is C15H16N2O. The SMILES string of the molecule is CC(C(=O)c1ccncc1)C(N)c1ccccc1. The molecule has 0 saturated carbocycles. The highest BCUT2D eigenvalue weighted by Gasteiger charge is 2.22. The molecule has 0 saturated heterocycles. The van der Waals surface area contributed by atoms with Gasteiger partial charge in [-0.25, -0.2) is 0 Å². The number of ketones is 1. The molecule has 0 aliphatic rings. The first-order chi connectivity index (χ1) is 8.70. The Morgan fingerprint density at radius 1 is 1.11 bits per heavy atom. The van der Waals surface area contributed by atoms with Crippen LogP contribution in [0.4, 0.5) is 0 Å². The molecule has 0 radical (unpaired) electrons. The van der Waals surface area contributed by atoms with Crippen molar-refractivity contribution in [1.82, 2.24) is 4.98 Å². The second-order valence-electron chi connectivity index (χ2n) is 4.33. The van der Waals surface area contributed by atoms with Crippen molar-refractivity contribution < 1.29 is 4.79 Å². The molecule has 0 amide bonds. The van der Waals surface area contributed by atoms with Gasteiger partial charge < -0.3 is 5.73 Å². The maximum Gasteiger partial charge on any atom is 0.167 e. The summed E-state index contributed by atoms with van der Waals surface area (Å²) in [5.41, 5.74) is 7.78. The first-order valence-corrected chi connectivity index (χ1v) is 5.95. The molecule has 2 N–H and O–H groups in total. The number of carbonyl (C=O) groups is 1. The number of nitrogens with zero attached hydrogens (tertiary/aromatic N) is 1. The Labute approximate surface area is 107 Å². The summed E-state index contributed by atoms with van der Waals surface area (Å²) in [4.78, 5) is 16.2. The van der Waals surface area contributed by atoms with E-state index in [1.807, 2.05) is 37.3 Å². The number of hydrogen-bond acceptors (Lipinski definition) is 3. The number of benzene rings is 1. The minimum atomic E-state index is -0.285. The third kappa shape index (κ3) is 2.63. The molecule has 0 aliphatic heterocycles. The van der Waals surface area contributed by atoms with Crippen LogP contribution in [0.2, 0.25) is 0 Å². The van der Waals surface area contributed by atoms with Crippen LogP contribution in [-0.4, -0.2) is 10.8 Å². The minimum absolute atomic E-state index is 0.0498. The molecule has 18 heavy (non-hydrogen) atoms. The van der Waals surface area contributed by atoms with E-state index in [-0.39, 0.29) is 17.7 Å². The van der Waals surface area contributed by atoms with Gasteiger partial charge >= 0.3 is 0 Å². The van der Waals surface area contributed by atoms with Gasteiger partial charge in [-0.3, -0.25) is 9.78 Å². The van der Waals surface area contributed by atoms with Crippen LogP contribution >= 0.6 is 0 Å². The van der Waals surface area contributed by atoms with Gasteiger partial charge in [0.2, 0.25) is 0 Å². The van der Waals surface area contributed by atoms with E-state index in [4.69, 9.17) is 5.73 Å². The molecule has 2 unspecified atom stereocenters. The monoisotopic (exact) mass is 240 g/mol. The first-order valence-electron chi connectivity index (χ1n) is 5.95. The summed E-state index contributed by atoms with van der Waals surface area (Å²) in [5.74, 6) is -0.205. The smallest absolute Gasteiger partial charge is 0.167 e. The summed E-state index contributed by atoms with van der Waals surface area (Å²) < 4.78 is 0. The average Bonchev–Trinajstić information content (AvgIpc) is 2.47. The quantitative estimate of drug-likeness (QED) is 0.836. The van der Waals surface area contributed by atoms with Gasteiger partial charge in [0.15, 0.2) is 5.78 Å². The lowest BCUT2D eigenvalue weighted by atomic mass is 9.89. The fraction of sp³-hybridized carbons (Fsp3) is 0.200. The molecule has 3 heteroatoms. The molecule has 3 nitrogen and oxygen atoms in total. The number of nitrogens with two attached hydrogens (primary N) is 1. The molecular weight excluding hydrogens is 224 g/mol. The lowest BCUT2D eigenvalue weighted by molar-refractivity contribution is 0.0912. The van der Waals surface area contributed by atoms with Crippen molar-refractivity contribution in [3.63, 3.8) is 0 Å². The summed E-state index contributed by atoms with van der Waals surface area (Å²) in [6.45, 7) is 1.86. The van der Waals surface area contributed by atoms with E-state index in [1.54, 1.807) is 24.5 Å². The maximum atomic E-state index is 12.3. The Morgan fingerprint density at radius 2 is 1.72 bits per heavy atom. The largest absolute Gasteiger partial charge is 0.323 e. The lowest BCUT2D eigenvalue weighted by Crippen LogP contribution is -2.26. The average molecular weight is 240 g/mol. The van der Waals surface area contributed by atoms with Crippen molar-refractivity contribution in [2.24, 2.45) is 11.7 Å². The fourth-order valence-corrected chi connectivity index (χ4v) is 1.91. The second-order valence-corrected chi connectivity index (χ2v) is 4.33. The summed E-state index contributed by atoms with van der Waals surface area (Å²) >= 11 is 0. The molecule has 2 aromatic rings. The summed E-state index contributed by atoms with van der Waals surface area (Å²) in [6.07, 6.45) is 3.24. The van der Waals surface area contributed by atoms with E-state index in [2.05, 4.69) is 4.98 Å². The molecule has 2 rings (SSSR count). The molecule has 0 bridgehead atoms. The van der Waals surface area contributed by atoms with E-state index < -0.39 is 0 Å². The van der Waals surface area contributed by atoms with Crippen LogP contribution < -0.4 is 5.73 Å². The van der Waals surface area contributed by atoms with E-state index in [9.17, 15) is 4.79 Å². The van der Waals surface area contributed by atoms with E-state index in [0.29, 0.717) is 5.56 Å². The zero-order chi connectivity index (χ0) is 13.0.